The number of hydrogen-bond donors (Lipinski definition) is 0. The van der Waals surface area contributed by atoms with E-state index in [9.17, 15) is 35.1 Å². The molecule has 0 radical (unpaired) electrons. The van der Waals surface area contributed by atoms with Crippen LogP contribution in [0.15, 0.2) is 42.5 Å². The van der Waals surface area contributed by atoms with Crippen LogP contribution in [0.1, 0.15) is 24.5 Å². The fourth-order valence-electron chi connectivity index (χ4n) is 3.02. The summed E-state index contributed by atoms with van der Waals surface area (Å²) in [7, 11) is 0. The van der Waals surface area contributed by atoms with Gasteiger partial charge in [0.25, 0.3) is 0 Å². The average Bonchev–Trinajstić information content (AvgIpc) is 2.67. The molecule has 1 nitrogen and oxygen atoms in total. The molecule has 31 heavy (non-hydrogen) atoms. The Morgan fingerprint density at radius 1 is 0.742 bits per heavy atom. The number of ether oxygens (including phenoxy) is 1. The lowest BCUT2D eigenvalue weighted by Crippen LogP contribution is -2.25. The number of alkyl halides is 2. The Balaban J connectivity index is 2.00. The van der Waals surface area contributed by atoms with Gasteiger partial charge < -0.3 is 4.74 Å². The van der Waals surface area contributed by atoms with Crippen LogP contribution in [-0.2, 0) is 12.5 Å². The topological polar surface area (TPSA) is 9.23 Å². The largest absolute Gasteiger partial charge is 0.432 e. The summed E-state index contributed by atoms with van der Waals surface area (Å²) in [5, 5.41) is 0. The van der Waals surface area contributed by atoms with Crippen LogP contribution < -0.4 is 4.74 Å². The fourth-order valence-corrected chi connectivity index (χ4v) is 3.02. The van der Waals surface area contributed by atoms with E-state index in [0.717, 1.165) is 6.07 Å². The molecule has 3 aromatic carbocycles. The predicted molar refractivity (Wildman–Crippen MR) is 96.6 cm³/mol. The predicted octanol–water partition coefficient (Wildman–Crippen LogP) is 7.27. The van der Waals surface area contributed by atoms with E-state index in [1.807, 2.05) is 0 Å². The number of aryl methyl sites for hydroxylation is 1. The third-order valence-corrected chi connectivity index (χ3v) is 4.46. The third kappa shape index (κ3) is 4.50. The molecule has 0 unspecified atom stereocenters. The lowest BCUT2D eigenvalue weighted by molar-refractivity contribution is -0.189. The summed E-state index contributed by atoms with van der Waals surface area (Å²) >= 11 is 0. The van der Waals surface area contributed by atoms with Crippen molar-refractivity contribution in [1.82, 2.24) is 0 Å². The molecule has 0 spiro atoms. The molecule has 0 bridgehead atoms. The van der Waals surface area contributed by atoms with Gasteiger partial charge in [-0.3, -0.25) is 0 Å². The van der Waals surface area contributed by atoms with E-state index in [4.69, 9.17) is 0 Å². The molecule has 0 atom stereocenters. The Hall–Kier alpha value is -3.10. The summed E-state index contributed by atoms with van der Waals surface area (Å²) in [6, 6.07) is 4.55. The van der Waals surface area contributed by atoms with Crippen LogP contribution in [0.5, 0.6) is 5.75 Å². The molecule has 0 saturated carbocycles. The van der Waals surface area contributed by atoms with Crippen LogP contribution in [-0.4, -0.2) is 0 Å². The maximum Gasteiger partial charge on any atom is 0.432 e. The summed E-state index contributed by atoms with van der Waals surface area (Å²) in [5.74, 6) is -9.91. The molecule has 0 aliphatic rings. The second-order valence-corrected chi connectivity index (χ2v) is 6.66. The van der Waals surface area contributed by atoms with Crippen molar-refractivity contribution < 1.29 is 39.9 Å². The second-order valence-electron chi connectivity index (χ2n) is 6.66. The van der Waals surface area contributed by atoms with E-state index >= 15 is 0 Å². The van der Waals surface area contributed by atoms with E-state index in [2.05, 4.69) is 4.74 Å². The first-order valence-electron chi connectivity index (χ1n) is 9.03. The Morgan fingerprint density at radius 3 is 1.97 bits per heavy atom. The second kappa shape index (κ2) is 8.56. The normalized spacial score (nSPS) is 11.6. The monoisotopic (exact) mass is 446 g/mol. The quantitative estimate of drug-likeness (QED) is 0.362. The van der Waals surface area contributed by atoms with E-state index in [1.165, 1.54) is 6.07 Å². The van der Waals surface area contributed by atoms with Crippen molar-refractivity contribution in [3.8, 4) is 16.9 Å². The van der Waals surface area contributed by atoms with Crippen LogP contribution in [0.3, 0.4) is 0 Å². The Bertz CT molecular complexity index is 1100. The maximum absolute atomic E-state index is 14.4. The molecule has 0 saturated heterocycles. The van der Waals surface area contributed by atoms with E-state index in [1.54, 1.807) is 6.92 Å². The Labute approximate surface area is 171 Å². The highest BCUT2D eigenvalue weighted by Crippen LogP contribution is 2.38. The molecule has 0 aliphatic carbocycles. The van der Waals surface area contributed by atoms with Crippen molar-refractivity contribution >= 4 is 0 Å². The molecule has 0 amide bonds. The SMILES string of the molecule is CCCc1ccc(-c2cc(F)c(C(F)(F)Oc3ccc(F)c(F)c3)c(F)c2)c(F)c1F. The summed E-state index contributed by atoms with van der Waals surface area (Å²) < 4.78 is 116. The van der Waals surface area contributed by atoms with Gasteiger partial charge in [-0.05, 0) is 41.8 Å². The van der Waals surface area contributed by atoms with Crippen molar-refractivity contribution in [2.45, 2.75) is 25.9 Å². The van der Waals surface area contributed by atoms with Crippen molar-refractivity contribution in [3.63, 3.8) is 0 Å². The number of benzene rings is 3. The molecule has 0 fully saturated rings. The van der Waals surface area contributed by atoms with Gasteiger partial charge in [-0.25, -0.2) is 26.3 Å². The number of halogens is 8. The number of rotatable bonds is 6. The lowest BCUT2D eigenvalue weighted by atomic mass is 9.99. The molecule has 3 aromatic rings. The van der Waals surface area contributed by atoms with E-state index < -0.39 is 63.5 Å². The molecular formula is C22H14F8O. The molecule has 0 N–H and O–H groups in total. The van der Waals surface area contributed by atoms with Gasteiger partial charge in [0.05, 0.1) is 0 Å². The first-order valence-corrected chi connectivity index (χ1v) is 9.03. The molecular weight excluding hydrogens is 432 g/mol. The van der Waals surface area contributed by atoms with Crippen LogP contribution >= 0.6 is 0 Å². The minimum absolute atomic E-state index is 0.0628. The van der Waals surface area contributed by atoms with Crippen molar-refractivity contribution in [2.75, 3.05) is 0 Å². The molecule has 0 aromatic heterocycles. The molecule has 9 heteroatoms. The zero-order valence-corrected chi connectivity index (χ0v) is 15.9. The first-order chi connectivity index (χ1) is 14.5. The highest BCUT2D eigenvalue weighted by atomic mass is 19.3. The minimum Gasteiger partial charge on any atom is -0.429 e. The lowest BCUT2D eigenvalue weighted by Gasteiger charge is -2.20. The first kappa shape index (κ1) is 22.6. The van der Waals surface area contributed by atoms with Gasteiger partial charge >= 0.3 is 6.11 Å². The van der Waals surface area contributed by atoms with Gasteiger partial charge in [-0.2, -0.15) is 8.78 Å². The minimum atomic E-state index is -4.62. The third-order valence-electron chi connectivity index (χ3n) is 4.46. The van der Waals surface area contributed by atoms with Gasteiger partial charge in [0, 0.05) is 11.6 Å². The van der Waals surface area contributed by atoms with Crippen LogP contribution in [0.25, 0.3) is 11.1 Å². The van der Waals surface area contributed by atoms with Crippen LogP contribution in [0, 0.1) is 34.9 Å². The standard InChI is InChI=1S/C22H14F8O/c1-2-3-11-4-6-14(21(28)20(11)27)12-8-17(25)19(18(26)9-12)22(29,30)31-13-5-7-15(23)16(24)10-13/h4-10H,2-3H2,1H3. The van der Waals surface area contributed by atoms with Gasteiger partial charge in [-0.15, -0.1) is 0 Å². The van der Waals surface area contributed by atoms with Crippen LogP contribution in [0.2, 0.25) is 0 Å². The molecule has 164 valence electrons. The highest BCUT2D eigenvalue weighted by molar-refractivity contribution is 5.65. The van der Waals surface area contributed by atoms with Crippen molar-refractivity contribution in [3.05, 3.63) is 88.5 Å². The van der Waals surface area contributed by atoms with Crippen molar-refractivity contribution in [2.24, 2.45) is 0 Å². The maximum atomic E-state index is 14.4. The van der Waals surface area contributed by atoms with Gasteiger partial charge in [0.15, 0.2) is 23.3 Å². The summed E-state index contributed by atoms with van der Waals surface area (Å²) in [5.41, 5.74) is -2.80. The zero-order chi connectivity index (χ0) is 22.9. The molecule has 3 rings (SSSR count). The molecule has 0 aliphatic heterocycles. The highest BCUT2D eigenvalue weighted by Gasteiger charge is 2.41. The molecule has 0 heterocycles. The summed E-state index contributed by atoms with van der Waals surface area (Å²) in [6.45, 7) is 1.75. The Kier molecular flexibility index (Phi) is 6.24. The van der Waals surface area contributed by atoms with Crippen molar-refractivity contribution in [1.29, 1.82) is 0 Å². The fraction of sp³-hybridized carbons (Fsp3) is 0.182. The zero-order valence-electron chi connectivity index (χ0n) is 15.9. The summed E-state index contributed by atoms with van der Waals surface area (Å²) in [6.07, 6.45) is -3.86. The van der Waals surface area contributed by atoms with Crippen LogP contribution in [0.4, 0.5) is 35.1 Å². The Morgan fingerprint density at radius 2 is 1.39 bits per heavy atom. The number of hydrogen-bond acceptors (Lipinski definition) is 1. The average molecular weight is 446 g/mol. The smallest absolute Gasteiger partial charge is 0.429 e. The van der Waals surface area contributed by atoms with Gasteiger partial charge in [-0.1, -0.05) is 25.5 Å². The van der Waals surface area contributed by atoms with Gasteiger partial charge in [0.2, 0.25) is 0 Å². The van der Waals surface area contributed by atoms with E-state index in [0.29, 0.717) is 30.7 Å². The van der Waals surface area contributed by atoms with Gasteiger partial charge in [0.1, 0.15) is 22.9 Å². The van der Waals surface area contributed by atoms with E-state index in [-0.39, 0.29) is 18.1 Å². The summed E-state index contributed by atoms with van der Waals surface area (Å²) in [4.78, 5) is 0.